The highest BCUT2D eigenvalue weighted by atomic mass is 16.5. The second-order valence-corrected chi connectivity index (χ2v) is 7.21. The van der Waals surface area contributed by atoms with Crippen molar-refractivity contribution < 1.29 is 19.7 Å². The van der Waals surface area contributed by atoms with Crippen molar-refractivity contribution >= 4 is 5.97 Å². The lowest BCUT2D eigenvalue weighted by Gasteiger charge is -2.16. The molecule has 25 heavy (non-hydrogen) atoms. The SMILES string of the molecule is CCCCCCCCCCCCCCCC(O)C(O)C(=O)OCCC. The molecule has 0 fully saturated rings. The normalized spacial score (nSPS) is 13.6. The van der Waals surface area contributed by atoms with Gasteiger partial charge in [-0.05, 0) is 12.8 Å². The van der Waals surface area contributed by atoms with Crippen LogP contribution in [-0.4, -0.2) is 35.0 Å². The minimum Gasteiger partial charge on any atom is -0.464 e. The van der Waals surface area contributed by atoms with E-state index in [4.69, 9.17) is 4.74 Å². The molecule has 2 atom stereocenters. The first-order valence-corrected chi connectivity index (χ1v) is 10.7. The smallest absolute Gasteiger partial charge is 0.337 e. The number of hydrogen-bond donors (Lipinski definition) is 2. The highest BCUT2D eigenvalue weighted by Crippen LogP contribution is 2.14. The Hall–Kier alpha value is -0.610. The molecule has 2 unspecified atom stereocenters. The number of rotatable bonds is 18. The minimum atomic E-state index is -1.40. The molecule has 0 saturated carbocycles. The molecule has 0 aromatic heterocycles. The fraction of sp³-hybridized carbons (Fsp3) is 0.952. The molecule has 0 aromatic rings. The highest BCUT2D eigenvalue weighted by molar-refractivity contribution is 5.75. The van der Waals surface area contributed by atoms with Gasteiger partial charge < -0.3 is 14.9 Å². The maximum absolute atomic E-state index is 11.4. The molecular weight excluding hydrogens is 316 g/mol. The van der Waals surface area contributed by atoms with Crippen LogP contribution in [0.25, 0.3) is 0 Å². The van der Waals surface area contributed by atoms with E-state index in [0.29, 0.717) is 19.4 Å². The Morgan fingerprint density at radius 3 is 1.60 bits per heavy atom. The second kappa shape index (κ2) is 18.2. The Kier molecular flexibility index (Phi) is 17.7. The average Bonchev–Trinajstić information content (AvgIpc) is 2.62. The van der Waals surface area contributed by atoms with Crippen molar-refractivity contribution in [2.45, 2.75) is 122 Å². The van der Waals surface area contributed by atoms with Gasteiger partial charge in [0.15, 0.2) is 6.10 Å². The summed E-state index contributed by atoms with van der Waals surface area (Å²) in [5.41, 5.74) is 0. The number of ether oxygens (including phenoxy) is 1. The van der Waals surface area contributed by atoms with Gasteiger partial charge in [-0.2, -0.15) is 0 Å². The molecule has 0 aliphatic rings. The summed E-state index contributed by atoms with van der Waals surface area (Å²) in [4.78, 5) is 11.4. The summed E-state index contributed by atoms with van der Waals surface area (Å²) < 4.78 is 4.84. The zero-order chi connectivity index (χ0) is 18.8. The van der Waals surface area contributed by atoms with E-state index >= 15 is 0 Å². The van der Waals surface area contributed by atoms with Crippen molar-refractivity contribution in [1.82, 2.24) is 0 Å². The first kappa shape index (κ1) is 24.4. The van der Waals surface area contributed by atoms with Crippen LogP contribution in [0.15, 0.2) is 0 Å². The molecule has 0 radical (unpaired) electrons. The number of esters is 1. The lowest BCUT2D eigenvalue weighted by Crippen LogP contribution is -2.35. The third-order valence-corrected chi connectivity index (χ3v) is 4.66. The predicted molar refractivity (Wildman–Crippen MR) is 104 cm³/mol. The summed E-state index contributed by atoms with van der Waals surface area (Å²) in [5.74, 6) is -0.705. The summed E-state index contributed by atoms with van der Waals surface area (Å²) in [7, 11) is 0. The van der Waals surface area contributed by atoms with E-state index in [9.17, 15) is 15.0 Å². The van der Waals surface area contributed by atoms with Crippen LogP contribution < -0.4 is 0 Å². The molecular formula is C21H42O4. The third kappa shape index (κ3) is 15.4. The minimum absolute atomic E-state index is 0.293. The van der Waals surface area contributed by atoms with E-state index in [1.165, 1.54) is 70.6 Å². The Labute approximate surface area is 155 Å². The van der Waals surface area contributed by atoms with E-state index in [2.05, 4.69) is 6.92 Å². The maximum Gasteiger partial charge on any atom is 0.337 e. The molecule has 2 N–H and O–H groups in total. The quantitative estimate of drug-likeness (QED) is 0.263. The van der Waals surface area contributed by atoms with Crippen molar-refractivity contribution in [2.75, 3.05) is 6.61 Å². The van der Waals surface area contributed by atoms with Gasteiger partial charge >= 0.3 is 5.97 Å². The van der Waals surface area contributed by atoms with Gasteiger partial charge in [-0.3, -0.25) is 0 Å². The fourth-order valence-electron chi connectivity index (χ4n) is 2.97. The third-order valence-electron chi connectivity index (χ3n) is 4.66. The largest absolute Gasteiger partial charge is 0.464 e. The topological polar surface area (TPSA) is 66.8 Å². The second-order valence-electron chi connectivity index (χ2n) is 7.21. The molecule has 0 rings (SSSR count). The van der Waals surface area contributed by atoms with Gasteiger partial charge in [-0.25, -0.2) is 4.79 Å². The molecule has 0 aliphatic carbocycles. The summed E-state index contributed by atoms with van der Waals surface area (Å²) in [6, 6.07) is 0. The summed E-state index contributed by atoms with van der Waals surface area (Å²) in [6.45, 7) is 4.44. The first-order valence-electron chi connectivity index (χ1n) is 10.7. The molecule has 0 heterocycles. The number of hydrogen-bond acceptors (Lipinski definition) is 4. The van der Waals surface area contributed by atoms with E-state index < -0.39 is 18.2 Å². The molecule has 4 nitrogen and oxygen atoms in total. The van der Waals surface area contributed by atoms with Crippen LogP contribution in [0.1, 0.15) is 110 Å². The number of carbonyl (C=O) groups excluding carboxylic acids is 1. The molecule has 0 aromatic carbocycles. The van der Waals surface area contributed by atoms with Gasteiger partial charge in [0.05, 0.1) is 12.7 Å². The van der Waals surface area contributed by atoms with E-state index in [0.717, 1.165) is 12.8 Å². The highest BCUT2D eigenvalue weighted by Gasteiger charge is 2.24. The van der Waals surface area contributed by atoms with Crippen LogP contribution in [0, 0.1) is 0 Å². The maximum atomic E-state index is 11.4. The van der Waals surface area contributed by atoms with E-state index in [1.54, 1.807) is 0 Å². The Bertz CT molecular complexity index is 294. The van der Waals surface area contributed by atoms with Gasteiger partial charge in [0, 0.05) is 0 Å². The van der Waals surface area contributed by atoms with Crippen molar-refractivity contribution in [3.63, 3.8) is 0 Å². The van der Waals surface area contributed by atoms with Crippen LogP contribution in [0.2, 0.25) is 0 Å². The molecule has 0 spiro atoms. The van der Waals surface area contributed by atoms with Crippen LogP contribution in [0.5, 0.6) is 0 Å². The molecule has 150 valence electrons. The average molecular weight is 359 g/mol. The zero-order valence-electron chi connectivity index (χ0n) is 16.7. The zero-order valence-corrected chi connectivity index (χ0v) is 16.7. The lowest BCUT2D eigenvalue weighted by atomic mass is 10.0. The van der Waals surface area contributed by atoms with Crippen LogP contribution in [0.3, 0.4) is 0 Å². The van der Waals surface area contributed by atoms with Crippen molar-refractivity contribution in [2.24, 2.45) is 0 Å². The fourth-order valence-corrected chi connectivity index (χ4v) is 2.97. The molecule has 0 saturated heterocycles. The number of aliphatic hydroxyl groups is 2. The Morgan fingerprint density at radius 2 is 1.16 bits per heavy atom. The van der Waals surface area contributed by atoms with Crippen molar-refractivity contribution in [3.8, 4) is 0 Å². The molecule has 0 amide bonds. The number of unbranched alkanes of at least 4 members (excludes halogenated alkanes) is 12. The van der Waals surface area contributed by atoms with Crippen molar-refractivity contribution in [3.05, 3.63) is 0 Å². The van der Waals surface area contributed by atoms with Gasteiger partial charge in [0.1, 0.15) is 0 Å². The number of aliphatic hydroxyl groups excluding tert-OH is 2. The van der Waals surface area contributed by atoms with Crippen LogP contribution in [0.4, 0.5) is 0 Å². The van der Waals surface area contributed by atoms with Gasteiger partial charge in [-0.1, -0.05) is 97.3 Å². The lowest BCUT2D eigenvalue weighted by molar-refractivity contribution is -0.159. The summed E-state index contributed by atoms with van der Waals surface area (Å²) in [6.07, 6.45) is 15.3. The first-order chi connectivity index (χ1) is 12.1. The number of carbonyl (C=O) groups is 1. The Balaban J connectivity index is 3.36. The standard InChI is InChI=1S/C21H42O4/c1-3-5-6-7-8-9-10-11-12-13-14-15-16-17-19(22)20(23)21(24)25-18-4-2/h19-20,22-23H,3-18H2,1-2H3. The van der Waals surface area contributed by atoms with Crippen LogP contribution >= 0.6 is 0 Å². The van der Waals surface area contributed by atoms with Crippen molar-refractivity contribution in [1.29, 1.82) is 0 Å². The molecule has 0 bridgehead atoms. The summed E-state index contributed by atoms with van der Waals surface area (Å²) in [5, 5.41) is 19.5. The van der Waals surface area contributed by atoms with Gasteiger partial charge in [0.25, 0.3) is 0 Å². The monoisotopic (exact) mass is 358 g/mol. The van der Waals surface area contributed by atoms with E-state index in [1.807, 2.05) is 6.92 Å². The Morgan fingerprint density at radius 1 is 0.720 bits per heavy atom. The van der Waals surface area contributed by atoms with Gasteiger partial charge in [-0.15, -0.1) is 0 Å². The summed E-state index contributed by atoms with van der Waals surface area (Å²) >= 11 is 0. The predicted octanol–water partition coefficient (Wildman–Crippen LogP) is 5.14. The molecule has 4 heteroatoms. The molecule has 0 aliphatic heterocycles. The van der Waals surface area contributed by atoms with Gasteiger partial charge in [0.2, 0.25) is 0 Å². The van der Waals surface area contributed by atoms with E-state index in [-0.39, 0.29) is 0 Å². The van der Waals surface area contributed by atoms with Crippen LogP contribution in [-0.2, 0) is 9.53 Å².